The lowest BCUT2D eigenvalue weighted by Gasteiger charge is -2.21. The summed E-state index contributed by atoms with van der Waals surface area (Å²) in [6, 6.07) is 6.40. The van der Waals surface area contributed by atoms with Gasteiger partial charge in [-0.1, -0.05) is 28.1 Å². The number of methoxy groups -OCH3 is 1. The van der Waals surface area contributed by atoms with Crippen LogP contribution in [0.25, 0.3) is 0 Å². The minimum absolute atomic E-state index is 0.0833. The van der Waals surface area contributed by atoms with Gasteiger partial charge in [0.05, 0.1) is 19.6 Å². The van der Waals surface area contributed by atoms with E-state index in [2.05, 4.69) is 25.4 Å². The quantitative estimate of drug-likeness (QED) is 0.775. The fourth-order valence-electron chi connectivity index (χ4n) is 1.49. The highest BCUT2D eigenvalue weighted by atomic mass is 79.9. The van der Waals surface area contributed by atoms with Crippen LogP contribution in [0.15, 0.2) is 28.7 Å². The van der Waals surface area contributed by atoms with Crippen LogP contribution >= 0.6 is 15.9 Å². The largest absolute Gasteiger partial charge is 0.469 e. The summed E-state index contributed by atoms with van der Waals surface area (Å²) in [6.07, 6.45) is -0.0833. The molecule has 0 aliphatic heterocycles. The molecule has 0 aromatic heterocycles. The number of carbonyl (C=O) groups is 1. The molecule has 1 N–H and O–H groups in total. The molecular weight excluding hydrogens is 348 g/mol. The third-order valence-corrected chi connectivity index (χ3v) is 4.66. The van der Waals surface area contributed by atoms with Crippen molar-refractivity contribution in [3.05, 3.63) is 34.3 Å². The predicted molar refractivity (Wildman–Crippen MR) is 79.3 cm³/mol. The lowest BCUT2D eigenvalue weighted by atomic mass is 10.1. The molecule has 0 bridgehead atoms. The zero-order valence-corrected chi connectivity index (χ0v) is 13.9. The van der Waals surface area contributed by atoms with Crippen LogP contribution in [0.2, 0.25) is 0 Å². The van der Waals surface area contributed by atoms with E-state index in [1.54, 1.807) is 18.2 Å². The van der Waals surface area contributed by atoms with E-state index >= 15 is 0 Å². The number of nitrogens with zero attached hydrogens (tertiary/aromatic N) is 1. The van der Waals surface area contributed by atoms with Crippen LogP contribution < -0.4 is 4.72 Å². The van der Waals surface area contributed by atoms with Crippen molar-refractivity contribution in [3.8, 4) is 0 Å². The number of halogens is 1. The summed E-state index contributed by atoms with van der Waals surface area (Å²) in [7, 11) is 0.443. The Kier molecular flexibility index (Phi) is 6.12. The maximum Gasteiger partial charge on any atom is 0.307 e. The second-order valence-corrected chi connectivity index (χ2v) is 7.12. The smallest absolute Gasteiger partial charge is 0.307 e. The SMILES string of the molecule is COC(=O)CC(NS(=O)(=O)N(C)C)c1cccc(Br)c1. The van der Waals surface area contributed by atoms with E-state index in [1.807, 2.05) is 6.07 Å². The second-order valence-electron chi connectivity index (χ2n) is 4.29. The van der Waals surface area contributed by atoms with Crippen molar-refractivity contribution in [2.75, 3.05) is 21.2 Å². The van der Waals surface area contributed by atoms with Gasteiger partial charge in [-0.05, 0) is 17.7 Å². The van der Waals surface area contributed by atoms with E-state index in [-0.39, 0.29) is 6.42 Å². The van der Waals surface area contributed by atoms with Crippen LogP contribution in [-0.4, -0.2) is 39.9 Å². The molecule has 1 unspecified atom stereocenters. The van der Waals surface area contributed by atoms with Gasteiger partial charge >= 0.3 is 5.97 Å². The molecule has 0 saturated heterocycles. The van der Waals surface area contributed by atoms with E-state index < -0.39 is 22.2 Å². The summed E-state index contributed by atoms with van der Waals surface area (Å²) in [4.78, 5) is 11.5. The third-order valence-electron chi connectivity index (χ3n) is 2.62. The van der Waals surface area contributed by atoms with Gasteiger partial charge in [0.25, 0.3) is 10.2 Å². The average Bonchev–Trinajstić information content (AvgIpc) is 2.37. The number of nitrogens with one attached hydrogen (secondary N) is 1. The van der Waals surface area contributed by atoms with Crippen molar-refractivity contribution in [2.24, 2.45) is 0 Å². The molecule has 0 heterocycles. The van der Waals surface area contributed by atoms with Crippen molar-refractivity contribution in [3.63, 3.8) is 0 Å². The van der Waals surface area contributed by atoms with Crippen molar-refractivity contribution >= 4 is 32.1 Å². The fourth-order valence-corrected chi connectivity index (χ4v) is 2.69. The molecule has 0 fully saturated rings. The first kappa shape index (κ1) is 17.1. The van der Waals surface area contributed by atoms with Crippen LogP contribution in [0.3, 0.4) is 0 Å². The number of carbonyl (C=O) groups excluding carboxylic acids is 1. The Bertz CT molecular complexity index is 575. The highest BCUT2D eigenvalue weighted by Gasteiger charge is 2.24. The molecule has 1 aromatic rings. The van der Waals surface area contributed by atoms with Gasteiger partial charge in [0.15, 0.2) is 0 Å². The molecule has 0 spiro atoms. The van der Waals surface area contributed by atoms with Gasteiger partial charge < -0.3 is 4.74 Å². The maximum atomic E-state index is 11.9. The molecule has 0 aliphatic carbocycles. The molecule has 0 aliphatic rings. The maximum absolute atomic E-state index is 11.9. The lowest BCUT2D eigenvalue weighted by Crippen LogP contribution is -2.38. The second kappa shape index (κ2) is 7.16. The zero-order chi connectivity index (χ0) is 15.3. The number of esters is 1. The Morgan fingerprint density at radius 1 is 1.45 bits per heavy atom. The average molecular weight is 365 g/mol. The molecule has 0 saturated carbocycles. The Balaban J connectivity index is 3.06. The molecule has 20 heavy (non-hydrogen) atoms. The predicted octanol–water partition coefficient (Wildman–Crippen LogP) is 1.45. The summed E-state index contributed by atoms with van der Waals surface area (Å²) >= 11 is 3.32. The molecule has 6 nitrogen and oxygen atoms in total. The van der Waals surface area contributed by atoms with Gasteiger partial charge in [0.2, 0.25) is 0 Å². The number of benzene rings is 1. The molecular formula is C12H17BrN2O4S. The van der Waals surface area contributed by atoms with Crippen molar-refractivity contribution < 1.29 is 17.9 Å². The highest BCUT2D eigenvalue weighted by Crippen LogP contribution is 2.22. The third kappa shape index (κ3) is 4.86. The van der Waals surface area contributed by atoms with Gasteiger partial charge in [0.1, 0.15) is 0 Å². The van der Waals surface area contributed by atoms with E-state index in [0.29, 0.717) is 5.56 Å². The van der Waals surface area contributed by atoms with Gasteiger partial charge in [-0.15, -0.1) is 0 Å². The van der Waals surface area contributed by atoms with E-state index in [0.717, 1.165) is 8.78 Å². The standard InChI is InChI=1S/C12H17BrN2O4S/c1-15(2)20(17,18)14-11(8-12(16)19-3)9-5-4-6-10(13)7-9/h4-7,11,14H,8H2,1-3H3. The minimum Gasteiger partial charge on any atom is -0.469 e. The summed E-state index contributed by atoms with van der Waals surface area (Å²) in [5.41, 5.74) is 0.676. The number of rotatable bonds is 6. The normalized spacial score (nSPS) is 13.2. The Labute approximate surface area is 127 Å². The van der Waals surface area contributed by atoms with Crippen molar-refractivity contribution in [2.45, 2.75) is 12.5 Å². The van der Waals surface area contributed by atoms with Crippen molar-refractivity contribution in [1.29, 1.82) is 0 Å². The van der Waals surface area contributed by atoms with E-state index in [1.165, 1.54) is 21.2 Å². The number of ether oxygens (including phenoxy) is 1. The Morgan fingerprint density at radius 2 is 2.10 bits per heavy atom. The molecule has 112 valence electrons. The van der Waals surface area contributed by atoms with Crippen LogP contribution in [0.1, 0.15) is 18.0 Å². The van der Waals surface area contributed by atoms with Gasteiger partial charge in [-0.3, -0.25) is 4.79 Å². The number of hydrogen-bond donors (Lipinski definition) is 1. The summed E-state index contributed by atoms with van der Waals surface area (Å²) in [5.74, 6) is -0.489. The van der Waals surface area contributed by atoms with Gasteiger partial charge in [-0.2, -0.15) is 17.4 Å². The van der Waals surface area contributed by atoms with Crippen molar-refractivity contribution in [1.82, 2.24) is 9.03 Å². The summed E-state index contributed by atoms with van der Waals surface area (Å²) in [6.45, 7) is 0. The van der Waals surface area contributed by atoms with Gasteiger partial charge in [0, 0.05) is 18.6 Å². The lowest BCUT2D eigenvalue weighted by molar-refractivity contribution is -0.141. The summed E-state index contributed by atoms with van der Waals surface area (Å²) < 4.78 is 32.8. The fraction of sp³-hybridized carbons (Fsp3) is 0.417. The number of hydrogen-bond acceptors (Lipinski definition) is 4. The first-order valence-corrected chi connectivity index (χ1v) is 8.01. The van der Waals surface area contributed by atoms with Crippen LogP contribution in [-0.2, 0) is 19.7 Å². The van der Waals surface area contributed by atoms with E-state index in [4.69, 9.17) is 0 Å². The molecule has 1 aromatic carbocycles. The molecule has 0 amide bonds. The van der Waals surface area contributed by atoms with Crippen LogP contribution in [0, 0.1) is 0 Å². The highest BCUT2D eigenvalue weighted by molar-refractivity contribution is 9.10. The zero-order valence-electron chi connectivity index (χ0n) is 11.5. The molecule has 1 atom stereocenters. The summed E-state index contributed by atoms with van der Waals surface area (Å²) in [5, 5.41) is 0. The van der Waals surface area contributed by atoms with Crippen LogP contribution in [0.4, 0.5) is 0 Å². The monoisotopic (exact) mass is 364 g/mol. The first-order chi connectivity index (χ1) is 9.26. The molecule has 8 heteroatoms. The molecule has 1 rings (SSSR count). The van der Waals surface area contributed by atoms with Gasteiger partial charge in [-0.25, -0.2) is 0 Å². The molecule has 0 radical (unpaired) electrons. The minimum atomic E-state index is -3.65. The Hall–Kier alpha value is -0.960. The topological polar surface area (TPSA) is 75.7 Å². The van der Waals surface area contributed by atoms with Crippen LogP contribution in [0.5, 0.6) is 0 Å². The van der Waals surface area contributed by atoms with E-state index in [9.17, 15) is 13.2 Å². The Morgan fingerprint density at radius 3 is 2.60 bits per heavy atom. The first-order valence-electron chi connectivity index (χ1n) is 5.78.